The maximum Gasteiger partial charge on any atom is 0.254 e. The van der Waals surface area contributed by atoms with Gasteiger partial charge in [-0.15, -0.1) is 0 Å². The summed E-state index contributed by atoms with van der Waals surface area (Å²) in [4.78, 5) is 18.8. The molecule has 5 heteroatoms. The summed E-state index contributed by atoms with van der Waals surface area (Å²) in [5, 5.41) is 0. The molecule has 0 spiro atoms. The van der Waals surface area contributed by atoms with Crippen LogP contribution in [-0.4, -0.2) is 28.4 Å². The van der Waals surface area contributed by atoms with Gasteiger partial charge in [0.15, 0.2) is 0 Å². The summed E-state index contributed by atoms with van der Waals surface area (Å²) in [5.41, 5.74) is 4.08. The number of aromatic nitrogens is 1. The Balaban J connectivity index is 2.31. The first-order valence-electron chi connectivity index (χ1n) is 6.86. The van der Waals surface area contributed by atoms with E-state index in [0.29, 0.717) is 17.4 Å². The van der Waals surface area contributed by atoms with Gasteiger partial charge in [-0.05, 0) is 37.8 Å². The predicted molar refractivity (Wildman–Crippen MR) is 75.9 cm³/mol. The summed E-state index contributed by atoms with van der Waals surface area (Å²) in [6.07, 6.45) is 2.23. The predicted octanol–water partition coefficient (Wildman–Crippen LogP) is 2.12. The first-order chi connectivity index (χ1) is 9.06. The standard InChI is InChI=1S/C14H22N4O/c1-4-18(11-5-6-11)14(19)10-7-12(9(2)3)16-13(8-10)17-15/h7-9,11H,4-6,15H2,1-3H3,(H,16,17). The summed E-state index contributed by atoms with van der Waals surface area (Å²) in [7, 11) is 0. The van der Waals surface area contributed by atoms with Crippen LogP contribution in [0, 0.1) is 0 Å². The maximum atomic E-state index is 12.5. The molecule has 1 aromatic rings. The number of nitrogens with zero attached hydrogens (tertiary/aromatic N) is 2. The second-order valence-electron chi connectivity index (χ2n) is 5.29. The van der Waals surface area contributed by atoms with Crippen LogP contribution in [0.25, 0.3) is 0 Å². The Morgan fingerprint density at radius 1 is 1.53 bits per heavy atom. The smallest absolute Gasteiger partial charge is 0.254 e. The van der Waals surface area contributed by atoms with Crippen molar-refractivity contribution in [3.8, 4) is 0 Å². The lowest BCUT2D eigenvalue weighted by atomic mass is 10.1. The molecule has 1 aromatic heterocycles. The van der Waals surface area contributed by atoms with E-state index in [-0.39, 0.29) is 11.8 Å². The topological polar surface area (TPSA) is 71.2 Å². The second-order valence-corrected chi connectivity index (χ2v) is 5.29. The van der Waals surface area contributed by atoms with Crippen molar-refractivity contribution in [3.05, 3.63) is 23.4 Å². The zero-order chi connectivity index (χ0) is 14.0. The molecule has 1 heterocycles. The summed E-state index contributed by atoms with van der Waals surface area (Å²) < 4.78 is 0. The molecule has 0 aliphatic heterocycles. The molecule has 1 amide bonds. The highest BCUT2D eigenvalue weighted by Gasteiger charge is 2.32. The zero-order valence-electron chi connectivity index (χ0n) is 11.8. The van der Waals surface area contributed by atoms with Gasteiger partial charge in [0.2, 0.25) is 0 Å². The number of carbonyl (C=O) groups excluding carboxylic acids is 1. The fourth-order valence-electron chi connectivity index (χ4n) is 2.16. The highest BCUT2D eigenvalue weighted by atomic mass is 16.2. The summed E-state index contributed by atoms with van der Waals surface area (Å²) in [6, 6.07) is 4.01. The van der Waals surface area contributed by atoms with Gasteiger partial charge in [0.05, 0.1) is 0 Å². The van der Waals surface area contributed by atoms with Gasteiger partial charge in [0.1, 0.15) is 5.82 Å². The van der Waals surface area contributed by atoms with Crippen molar-refractivity contribution in [1.82, 2.24) is 9.88 Å². The largest absolute Gasteiger partial charge is 0.336 e. The van der Waals surface area contributed by atoms with Crippen molar-refractivity contribution in [2.75, 3.05) is 12.0 Å². The van der Waals surface area contributed by atoms with Gasteiger partial charge in [-0.3, -0.25) is 4.79 Å². The average Bonchev–Trinajstić information content (AvgIpc) is 3.23. The molecule has 0 bridgehead atoms. The third-order valence-electron chi connectivity index (χ3n) is 3.42. The monoisotopic (exact) mass is 262 g/mol. The molecular weight excluding hydrogens is 240 g/mol. The SMILES string of the molecule is CCN(C(=O)c1cc(NN)nc(C(C)C)c1)C1CC1. The maximum absolute atomic E-state index is 12.5. The lowest BCUT2D eigenvalue weighted by Gasteiger charge is -2.21. The molecule has 1 fully saturated rings. The fraction of sp³-hybridized carbons (Fsp3) is 0.571. The number of hydrogen-bond acceptors (Lipinski definition) is 4. The number of carbonyl (C=O) groups is 1. The van der Waals surface area contributed by atoms with E-state index >= 15 is 0 Å². The molecule has 0 radical (unpaired) electrons. The lowest BCUT2D eigenvalue weighted by Crippen LogP contribution is -2.33. The number of rotatable bonds is 5. The minimum Gasteiger partial charge on any atom is -0.336 e. The molecule has 1 saturated carbocycles. The van der Waals surface area contributed by atoms with E-state index in [1.807, 2.05) is 17.9 Å². The summed E-state index contributed by atoms with van der Waals surface area (Å²) in [6.45, 7) is 6.86. The van der Waals surface area contributed by atoms with Gasteiger partial charge in [-0.2, -0.15) is 0 Å². The van der Waals surface area contributed by atoms with Crippen molar-refractivity contribution in [1.29, 1.82) is 0 Å². The van der Waals surface area contributed by atoms with Gasteiger partial charge in [-0.1, -0.05) is 13.8 Å². The lowest BCUT2D eigenvalue weighted by molar-refractivity contribution is 0.0752. The normalized spacial score (nSPS) is 14.6. The van der Waals surface area contributed by atoms with Crippen LogP contribution in [0.1, 0.15) is 55.6 Å². The van der Waals surface area contributed by atoms with Crippen LogP contribution in [-0.2, 0) is 0 Å². The molecule has 104 valence electrons. The van der Waals surface area contributed by atoms with Gasteiger partial charge < -0.3 is 10.3 Å². The van der Waals surface area contributed by atoms with Crippen LogP contribution in [0.2, 0.25) is 0 Å². The van der Waals surface area contributed by atoms with Gasteiger partial charge in [-0.25, -0.2) is 10.8 Å². The first kappa shape index (κ1) is 13.8. The Hall–Kier alpha value is -1.62. The number of hydrazine groups is 1. The molecule has 5 nitrogen and oxygen atoms in total. The molecule has 0 saturated heterocycles. The minimum absolute atomic E-state index is 0.0748. The van der Waals surface area contributed by atoms with E-state index in [2.05, 4.69) is 24.3 Å². The van der Waals surface area contributed by atoms with Crippen molar-refractivity contribution >= 4 is 11.7 Å². The van der Waals surface area contributed by atoms with E-state index in [0.717, 1.165) is 25.1 Å². The second kappa shape index (κ2) is 5.57. The number of nitrogens with one attached hydrogen (secondary N) is 1. The van der Waals surface area contributed by atoms with E-state index < -0.39 is 0 Å². The van der Waals surface area contributed by atoms with Gasteiger partial charge >= 0.3 is 0 Å². The Bertz CT molecular complexity index is 469. The van der Waals surface area contributed by atoms with E-state index in [1.54, 1.807) is 6.07 Å². The van der Waals surface area contributed by atoms with Crippen LogP contribution in [0.5, 0.6) is 0 Å². The number of pyridine rings is 1. The molecule has 2 rings (SSSR count). The fourth-order valence-corrected chi connectivity index (χ4v) is 2.16. The summed E-state index contributed by atoms with van der Waals surface area (Å²) in [5.74, 6) is 6.31. The van der Waals surface area contributed by atoms with Crippen molar-refractivity contribution in [3.63, 3.8) is 0 Å². The molecule has 19 heavy (non-hydrogen) atoms. The number of nitrogens with two attached hydrogens (primary N) is 1. The molecule has 0 aromatic carbocycles. The van der Waals surface area contributed by atoms with E-state index in [9.17, 15) is 4.79 Å². The molecule has 0 unspecified atom stereocenters. The van der Waals surface area contributed by atoms with E-state index in [4.69, 9.17) is 5.84 Å². The summed E-state index contributed by atoms with van der Waals surface area (Å²) >= 11 is 0. The highest BCUT2D eigenvalue weighted by molar-refractivity contribution is 5.95. The van der Waals surface area contributed by atoms with Crippen LogP contribution in [0.3, 0.4) is 0 Å². The van der Waals surface area contributed by atoms with Crippen molar-refractivity contribution < 1.29 is 4.79 Å². The molecule has 1 aliphatic carbocycles. The number of hydrogen-bond donors (Lipinski definition) is 2. The van der Waals surface area contributed by atoms with Crippen LogP contribution >= 0.6 is 0 Å². The Morgan fingerprint density at radius 2 is 2.21 bits per heavy atom. The molecule has 3 N–H and O–H groups in total. The third-order valence-corrected chi connectivity index (χ3v) is 3.42. The zero-order valence-corrected chi connectivity index (χ0v) is 11.8. The van der Waals surface area contributed by atoms with Crippen molar-refractivity contribution in [2.45, 2.75) is 45.6 Å². The van der Waals surface area contributed by atoms with Crippen LogP contribution < -0.4 is 11.3 Å². The minimum atomic E-state index is 0.0748. The van der Waals surface area contributed by atoms with Crippen LogP contribution in [0.15, 0.2) is 12.1 Å². The average molecular weight is 262 g/mol. The third kappa shape index (κ3) is 3.04. The number of nitrogen functional groups attached to an aromatic ring is 1. The van der Waals surface area contributed by atoms with Gasteiger partial charge in [0.25, 0.3) is 5.91 Å². The highest BCUT2D eigenvalue weighted by Crippen LogP contribution is 2.28. The first-order valence-corrected chi connectivity index (χ1v) is 6.86. The molecule has 0 atom stereocenters. The van der Waals surface area contributed by atoms with E-state index in [1.165, 1.54) is 0 Å². The molecule has 1 aliphatic rings. The van der Waals surface area contributed by atoms with Gasteiger partial charge in [0, 0.05) is 23.8 Å². The molecular formula is C14H22N4O. The van der Waals surface area contributed by atoms with Crippen molar-refractivity contribution in [2.24, 2.45) is 5.84 Å². The Kier molecular flexibility index (Phi) is 4.04. The number of amides is 1. The quantitative estimate of drug-likeness (QED) is 0.630. The Morgan fingerprint density at radius 3 is 2.68 bits per heavy atom. The number of anilines is 1. The Labute approximate surface area is 114 Å². The van der Waals surface area contributed by atoms with Crippen LogP contribution in [0.4, 0.5) is 5.82 Å².